The van der Waals surface area contributed by atoms with Crippen molar-refractivity contribution < 1.29 is 0 Å². The first kappa shape index (κ1) is 13.7. The van der Waals surface area contributed by atoms with Crippen LogP contribution in [0, 0.1) is 5.92 Å². The summed E-state index contributed by atoms with van der Waals surface area (Å²) in [5, 5.41) is 6.01. The average molecular weight is 279 g/mol. The van der Waals surface area contributed by atoms with Crippen LogP contribution in [-0.4, -0.2) is 16.1 Å². The van der Waals surface area contributed by atoms with E-state index < -0.39 is 0 Å². The maximum atomic E-state index is 4.42. The van der Waals surface area contributed by atoms with E-state index in [9.17, 15) is 0 Å². The van der Waals surface area contributed by atoms with Crippen LogP contribution in [0.15, 0.2) is 54.9 Å². The standard InChI is InChI=1S/C18H21N3/c1-14(2)12-20-18-19-10-11-21(18)13-16-8-5-7-15-6-3-4-9-17(15)16/h3-11,14H,12-13H2,1-2H3,(H,19,20). The maximum Gasteiger partial charge on any atom is 0.203 e. The zero-order valence-corrected chi connectivity index (χ0v) is 12.6. The Bertz CT molecular complexity index is 723. The summed E-state index contributed by atoms with van der Waals surface area (Å²) in [4.78, 5) is 4.42. The van der Waals surface area contributed by atoms with E-state index >= 15 is 0 Å². The fourth-order valence-corrected chi connectivity index (χ4v) is 2.51. The normalized spacial score (nSPS) is 11.2. The summed E-state index contributed by atoms with van der Waals surface area (Å²) in [5.74, 6) is 1.55. The molecule has 1 heterocycles. The van der Waals surface area contributed by atoms with Gasteiger partial charge >= 0.3 is 0 Å². The lowest BCUT2D eigenvalue weighted by Crippen LogP contribution is -2.13. The Balaban J connectivity index is 1.87. The largest absolute Gasteiger partial charge is 0.355 e. The molecule has 3 rings (SSSR count). The molecule has 1 aromatic heterocycles. The Labute approximate surface area is 125 Å². The van der Waals surface area contributed by atoms with Gasteiger partial charge in [-0.05, 0) is 22.3 Å². The van der Waals surface area contributed by atoms with Crippen LogP contribution in [0.1, 0.15) is 19.4 Å². The van der Waals surface area contributed by atoms with Gasteiger partial charge in [0.15, 0.2) is 0 Å². The Morgan fingerprint density at radius 1 is 1.10 bits per heavy atom. The molecule has 0 aliphatic heterocycles. The second-order valence-corrected chi connectivity index (χ2v) is 5.79. The van der Waals surface area contributed by atoms with Gasteiger partial charge in [-0.1, -0.05) is 56.3 Å². The van der Waals surface area contributed by atoms with Crippen LogP contribution in [-0.2, 0) is 6.54 Å². The Kier molecular flexibility index (Phi) is 3.91. The van der Waals surface area contributed by atoms with Crippen molar-refractivity contribution in [1.82, 2.24) is 9.55 Å². The highest BCUT2D eigenvalue weighted by atomic mass is 15.2. The molecular weight excluding hydrogens is 258 g/mol. The third kappa shape index (κ3) is 3.07. The summed E-state index contributed by atoms with van der Waals surface area (Å²) in [6.07, 6.45) is 3.89. The number of benzene rings is 2. The summed E-state index contributed by atoms with van der Waals surface area (Å²) in [7, 11) is 0. The molecule has 0 aliphatic carbocycles. The van der Waals surface area contributed by atoms with E-state index in [1.807, 2.05) is 12.4 Å². The van der Waals surface area contributed by atoms with Gasteiger partial charge < -0.3 is 9.88 Å². The van der Waals surface area contributed by atoms with Crippen LogP contribution in [0.4, 0.5) is 5.95 Å². The molecule has 108 valence electrons. The zero-order valence-electron chi connectivity index (χ0n) is 12.6. The minimum atomic E-state index is 0.604. The smallest absolute Gasteiger partial charge is 0.203 e. The minimum Gasteiger partial charge on any atom is -0.355 e. The van der Waals surface area contributed by atoms with Gasteiger partial charge in [-0.15, -0.1) is 0 Å². The fraction of sp³-hybridized carbons (Fsp3) is 0.278. The SMILES string of the molecule is CC(C)CNc1nccn1Cc1cccc2ccccc12. The van der Waals surface area contributed by atoms with Crippen LogP contribution in [0.25, 0.3) is 10.8 Å². The summed E-state index contributed by atoms with van der Waals surface area (Å²) in [5.41, 5.74) is 1.32. The summed E-state index contributed by atoms with van der Waals surface area (Å²) in [6.45, 7) is 6.17. The van der Waals surface area contributed by atoms with E-state index in [1.165, 1.54) is 16.3 Å². The first-order chi connectivity index (χ1) is 10.2. The van der Waals surface area contributed by atoms with Crippen molar-refractivity contribution >= 4 is 16.7 Å². The van der Waals surface area contributed by atoms with Crippen molar-refractivity contribution in [2.75, 3.05) is 11.9 Å². The van der Waals surface area contributed by atoms with Crippen LogP contribution in [0.5, 0.6) is 0 Å². The molecule has 3 heteroatoms. The molecule has 0 aliphatic rings. The van der Waals surface area contributed by atoms with Crippen LogP contribution >= 0.6 is 0 Å². The Hall–Kier alpha value is -2.29. The van der Waals surface area contributed by atoms with Gasteiger partial charge in [-0.3, -0.25) is 0 Å². The zero-order chi connectivity index (χ0) is 14.7. The highest BCUT2D eigenvalue weighted by Gasteiger charge is 2.06. The number of rotatable bonds is 5. The lowest BCUT2D eigenvalue weighted by Gasteiger charge is -2.13. The van der Waals surface area contributed by atoms with Gasteiger partial charge in [0.1, 0.15) is 0 Å². The molecular formula is C18H21N3. The summed E-state index contributed by atoms with van der Waals surface area (Å²) in [6, 6.07) is 15.0. The third-order valence-electron chi connectivity index (χ3n) is 3.60. The molecule has 2 aromatic carbocycles. The molecule has 0 spiro atoms. The average Bonchev–Trinajstić information content (AvgIpc) is 2.93. The minimum absolute atomic E-state index is 0.604. The molecule has 0 fully saturated rings. The molecule has 0 unspecified atom stereocenters. The number of anilines is 1. The second kappa shape index (κ2) is 6.00. The van der Waals surface area contributed by atoms with Gasteiger partial charge in [-0.25, -0.2) is 4.98 Å². The van der Waals surface area contributed by atoms with E-state index in [1.54, 1.807) is 0 Å². The van der Waals surface area contributed by atoms with Crippen molar-refractivity contribution in [3.8, 4) is 0 Å². The number of hydrogen-bond donors (Lipinski definition) is 1. The number of hydrogen-bond acceptors (Lipinski definition) is 2. The number of fused-ring (bicyclic) bond motifs is 1. The van der Waals surface area contributed by atoms with Crippen molar-refractivity contribution in [3.63, 3.8) is 0 Å². The van der Waals surface area contributed by atoms with Crippen molar-refractivity contribution in [2.24, 2.45) is 5.92 Å². The number of imidazole rings is 1. The van der Waals surface area contributed by atoms with E-state index in [0.717, 1.165) is 19.0 Å². The quantitative estimate of drug-likeness (QED) is 0.760. The molecule has 0 saturated carbocycles. The molecule has 3 nitrogen and oxygen atoms in total. The van der Waals surface area contributed by atoms with Crippen molar-refractivity contribution in [2.45, 2.75) is 20.4 Å². The summed E-state index contributed by atoms with van der Waals surface area (Å²) >= 11 is 0. The molecule has 3 aromatic rings. The lowest BCUT2D eigenvalue weighted by atomic mass is 10.0. The number of nitrogens with one attached hydrogen (secondary N) is 1. The van der Waals surface area contributed by atoms with Gasteiger partial charge in [0.05, 0.1) is 6.54 Å². The predicted molar refractivity (Wildman–Crippen MR) is 88.6 cm³/mol. The van der Waals surface area contributed by atoms with Crippen LogP contribution in [0.2, 0.25) is 0 Å². The topological polar surface area (TPSA) is 29.9 Å². The molecule has 0 atom stereocenters. The summed E-state index contributed by atoms with van der Waals surface area (Å²) < 4.78 is 2.17. The van der Waals surface area contributed by atoms with E-state index in [2.05, 4.69) is 71.2 Å². The molecule has 0 radical (unpaired) electrons. The highest BCUT2D eigenvalue weighted by Crippen LogP contribution is 2.20. The molecule has 1 N–H and O–H groups in total. The number of aromatic nitrogens is 2. The first-order valence-corrected chi connectivity index (χ1v) is 7.45. The van der Waals surface area contributed by atoms with Gasteiger partial charge in [-0.2, -0.15) is 0 Å². The Morgan fingerprint density at radius 3 is 2.76 bits per heavy atom. The first-order valence-electron chi connectivity index (χ1n) is 7.45. The molecule has 0 saturated heterocycles. The monoisotopic (exact) mass is 279 g/mol. The number of nitrogens with zero attached hydrogens (tertiary/aromatic N) is 2. The highest BCUT2D eigenvalue weighted by molar-refractivity contribution is 5.85. The maximum absolute atomic E-state index is 4.42. The molecule has 21 heavy (non-hydrogen) atoms. The molecule has 0 bridgehead atoms. The van der Waals surface area contributed by atoms with Crippen LogP contribution < -0.4 is 5.32 Å². The van der Waals surface area contributed by atoms with Crippen molar-refractivity contribution in [1.29, 1.82) is 0 Å². The van der Waals surface area contributed by atoms with Crippen LogP contribution in [0.3, 0.4) is 0 Å². The predicted octanol–water partition coefficient (Wildman–Crippen LogP) is 4.15. The van der Waals surface area contributed by atoms with Gasteiger partial charge in [0, 0.05) is 18.9 Å². The third-order valence-corrected chi connectivity index (χ3v) is 3.60. The Morgan fingerprint density at radius 2 is 1.90 bits per heavy atom. The van der Waals surface area contributed by atoms with Gasteiger partial charge in [0.25, 0.3) is 0 Å². The lowest BCUT2D eigenvalue weighted by molar-refractivity contribution is 0.676. The second-order valence-electron chi connectivity index (χ2n) is 5.79. The van der Waals surface area contributed by atoms with E-state index in [0.29, 0.717) is 5.92 Å². The fourth-order valence-electron chi connectivity index (χ4n) is 2.51. The van der Waals surface area contributed by atoms with E-state index in [4.69, 9.17) is 0 Å². The molecule has 0 amide bonds. The van der Waals surface area contributed by atoms with Crippen molar-refractivity contribution in [3.05, 3.63) is 60.4 Å². The van der Waals surface area contributed by atoms with E-state index in [-0.39, 0.29) is 0 Å². The van der Waals surface area contributed by atoms with Gasteiger partial charge in [0.2, 0.25) is 5.95 Å².